The van der Waals surface area contributed by atoms with Gasteiger partial charge in [0.25, 0.3) is 5.91 Å². The third kappa shape index (κ3) is 4.17. The fraction of sp³-hybridized carbons (Fsp3) is 0.133. The number of nitrogens with one attached hydrogen (secondary N) is 2. The molecule has 0 radical (unpaired) electrons. The Morgan fingerprint density at radius 2 is 1.77 bits per heavy atom. The molecule has 7 heteroatoms. The molecule has 0 bridgehead atoms. The number of anilines is 1. The van der Waals surface area contributed by atoms with Crippen molar-refractivity contribution >= 4 is 23.4 Å². The summed E-state index contributed by atoms with van der Waals surface area (Å²) in [6.07, 6.45) is -2.50. The molecule has 0 atom stereocenters. The first-order valence-electron chi connectivity index (χ1n) is 6.28. The second kappa shape index (κ2) is 6.74. The van der Waals surface area contributed by atoms with Crippen LogP contribution in [0.3, 0.4) is 0 Å². The van der Waals surface area contributed by atoms with E-state index in [9.17, 15) is 18.0 Å². The van der Waals surface area contributed by atoms with Gasteiger partial charge in [0.2, 0.25) is 0 Å². The quantitative estimate of drug-likeness (QED) is 0.654. The first kappa shape index (κ1) is 16.2. The maximum absolute atomic E-state index is 12.6. The van der Waals surface area contributed by atoms with Crippen molar-refractivity contribution in [1.82, 2.24) is 5.43 Å². The Balaban J connectivity index is 2.01. The van der Waals surface area contributed by atoms with E-state index >= 15 is 0 Å². The van der Waals surface area contributed by atoms with Crippen molar-refractivity contribution in [2.24, 2.45) is 0 Å². The van der Waals surface area contributed by atoms with E-state index in [1.807, 2.05) is 6.26 Å². The van der Waals surface area contributed by atoms with Crippen LogP contribution in [-0.4, -0.2) is 12.2 Å². The van der Waals surface area contributed by atoms with Crippen LogP contribution in [0.15, 0.2) is 53.4 Å². The van der Waals surface area contributed by atoms with E-state index in [4.69, 9.17) is 0 Å². The van der Waals surface area contributed by atoms with Gasteiger partial charge in [0.1, 0.15) is 0 Å². The Kier molecular flexibility index (Phi) is 4.97. The van der Waals surface area contributed by atoms with E-state index < -0.39 is 17.6 Å². The van der Waals surface area contributed by atoms with Gasteiger partial charge in [0.15, 0.2) is 0 Å². The topological polar surface area (TPSA) is 41.1 Å². The normalized spacial score (nSPS) is 11.1. The van der Waals surface area contributed by atoms with Crippen LogP contribution in [0.5, 0.6) is 0 Å². The zero-order chi connectivity index (χ0) is 16.2. The summed E-state index contributed by atoms with van der Waals surface area (Å²) in [5.41, 5.74) is 4.64. The third-order valence-electron chi connectivity index (χ3n) is 2.86. The molecule has 0 spiro atoms. The maximum Gasteiger partial charge on any atom is 0.416 e. The zero-order valence-electron chi connectivity index (χ0n) is 11.6. The summed E-state index contributed by atoms with van der Waals surface area (Å²) >= 11 is 1.55. The molecule has 0 aliphatic rings. The lowest BCUT2D eigenvalue weighted by molar-refractivity contribution is -0.137. The molecule has 2 aromatic rings. The minimum absolute atomic E-state index is 0.156. The molecule has 22 heavy (non-hydrogen) atoms. The number of thioether (sulfide) groups is 1. The number of carbonyl (C=O) groups excluding carboxylic acids is 1. The Hall–Kier alpha value is -2.15. The van der Waals surface area contributed by atoms with Crippen LogP contribution in [0.2, 0.25) is 0 Å². The molecular weight excluding hydrogens is 313 g/mol. The lowest BCUT2D eigenvalue weighted by atomic mass is 10.2. The highest BCUT2D eigenvalue weighted by molar-refractivity contribution is 7.98. The summed E-state index contributed by atoms with van der Waals surface area (Å²) in [7, 11) is 0. The molecule has 0 saturated heterocycles. The second-order valence-corrected chi connectivity index (χ2v) is 5.27. The van der Waals surface area contributed by atoms with Gasteiger partial charge in [-0.25, -0.2) is 0 Å². The van der Waals surface area contributed by atoms with Crippen molar-refractivity contribution in [1.29, 1.82) is 0 Å². The highest BCUT2D eigenvalue weighted by Crippen LogP contribution is 2.30. The summed E-state index contributed by atoms with van der Waals surface area (Å²) in [5, 5.41) is 0. The van der Waals surface area contributed by atoms with E-state index in [2.05, 4.69) is 10.9 Å². The lowest BCUT2D eigenvalue weighted by Crippen LogP contribution is -2.29. The first-order chi connectivity index (χ1) is 10.4. The van der Waals surface area contributed by atoms with E-state index in [0.29, 0.717) is 5.56 Å². The molecule has 2 N–H and O–H groups in total. The molecule has 0 aliphatic carbocycles. The van der Waals surface area contributed by atoms with Gasteiger partial charge in [-0.05, 0) is 48.7 Å². The number of amides is 1. The van der Waals surface area contributed by atoms with Crippen LogP contribution in [0.25, 0.3) is 0 Å². The molecule has 0 fully saturated rings. The van der Waals surface area contributed by atoms with Crippen molar-refractivity contribution in [3.8, 4) is 0 Å². The summed E-state index contributed by atoms with van der Waals surface area (Å²) in [5.74, 6) is -0.426. The van der Waals surface area contributed by atoms with E-state index in [0.717, 1.165) is 17.0 Å². The van der Waals surface area contributed by atoms with Crippen LogP contribution in [0, 0.1) is 0 Å². The number of rotatable bonds is 4. The Morgan fingerprint density at radius 3 is 2.36 bits per heavy atom. The molecule has 3 nitrogen and oxygen atoms in total. The Bertz CT molecular complexity index is 657. The van der Waals surface area contributed by atoms with Crippen LogP contribution in [0.1, 0.15) is 15.9 Å². The number of hydrogen-bond donors (Lipinski definition) is 2. The van der Waals surface area contributed by atoms with Crippen LogP contribution in [-0.2, 0) is 6.18 Å². The highest BCUT2D eigenvalue weighted by atomic mass is 32.2. The second-order valence-electron chi connectivity index (χ2n) is 4.39. The Labute approximate surface area is 129 Å². The number of hydrogen-bond acceptors (Lipinski definition) is 3. The molecule has 0 saturated carbocycles. The van der Waals surface area contributed by atoms with Crippen molar-refractivity contribution in [2.45, 2.75) is 11.1 Å². The number of alkyl halides is 3. The molecule has 1 amide bonds. The van der Waals surface area contributed by atoms with Gasteiger partial charge in [-0.1, -0.05) is 6.07 Å². The average Bonchev–Trinajstić information content (AvgIpc) is 2.52. The summed E-state index contributed by atoms with van der Waals surface area (Å²) in [6, 6.07) is 11.5. The standard InChI is InChI=1S/C15H13F3N2OS/c1-22-13-7-5-10(6-8-13)14(21)20-19-12-4-2-3-11(9-12)15(16,17)18/h2-9,19H,1H3,(H,20,21). The predicted octanol–water partition coefficient (Wildman–Crippen LogP) is 4.18. The largest absolute Gasteiger partial charge is 0.416 e. The van der Waals surface area contributed by atoms with Gasteiger partial charge in [-0.15, -0.1) is 11.8 Å². The molecule has 0 aromatic heterocycles. The lowest BCUT2D eigenvalue weighted by Gasteiger charge is -2.11. The minimum atomic E-state index is -4.42. The van der Waals surface area contributed by atoms with E-state index in [-0.39, 0.29) is 5.69 Å². The van der Waals surface area contributed by atoms with E-state index in [1.165, 1.54) is 12.1 Å². The number of halogens is 3. The molecule has 0 unspecified atom stereocenters. The van der Waals surface area contributed by atoms with Crippen molar-refractivity contribution in [3.05, 3.63) is 59.7 Å². The number of carbonyl (C=O) groups is 1. The monoisotopic (exact) mass is 326 g/mol. The number of benzene rings is 2. The molecule has 0 heterocycles. The molecule has 2 rings (SSSR count). The SMILES string of the molecule is CSc1ccc(C(=O)NNc2cccc(C(F)(F)F)c2)cc1. The van der Waals surface area contributed by atoms with Gasteiger partial charge in [-0.3, -0.25) is 15.6 Å². The van der Waals surface area contributed by atoms with Crippen LogP contribution in [0.4, 0.5) is 18.9 Å². The zero-order valence-corrected chi connectivity index (χ0v) is 12.4. The first-order valence-corrected chi connectivity index (χ1v) is 7.50. The van der Waals surface area contributed by atoms with Gasteiger partial charge in [0, 0.05) is 10.5 Å². The van der Waals surface area contributed by atoms with Crippen LogP contribution < -0.4 is 10.9 Å². The van der Waals surface area contributed by atoms with Gasteiger partial charge in [-0.2, -0.15) is 13.2 Å². The van der Waals surface area contributed by atoms with Crippen LogP contribution >= 0.6 is 11.8 Å². The average molecular weight is 326 g/mol. The molecule has 0 aliphatic heterocycles. The fourth-order valence-electron chi connectivity index (χ4n) is 1.72. The summed E-state index contributed by atoms with van der Waals surface area (Å²) in [4.78, 5) is 12.9. The summed E-state index contributed by atoms with van der Waals surface area (Å²) < 4.78 is 37.8. The van der Waals surface area contributed by atoms with E-state index in [1.54, 1.807) is 36.0 Å². The molecule has 2 aromatic carbocycles. The van der Waals surface area contributed by atoms with Gasteiger partial charge < -0.3 is 0 Å². The van der Waals surface area contributed by atoms with Crippen molar-refractivity contribution in [3.63, 3.8) is 0 Å². The maximum atomic E-state index is 12.6. The number of hydrazine groups is 1. The van der Waals surface area contributed by atoms with Gasteiger partial charge >= 0.3 is 6.18 Å². The molecule has 116 valence electrons. The highest BCUT2D eigenvalue weighted by Gasteiger charge is 2.30. The predicted molar refractivity (Wildman–Crippen MR) is 80.8 cm³/mol. The van der Waals surface area contributed by atoms with Gasteiger partial charge in [0.05, 0.1) is 11.3 Å². The summed E-state index contributed by atoms with van der Waals surface area (Å²) in [6.45, 7) is 0. The van der Waals surface area contributed by atoms with Crippen molar-refractivity contribution < 1.29 is 18.0 Å². The smallest absolute Gasteiger partial charge is 0.298 e. The fourth-order valence-corrected chi connectivity index (χ4v) is 2.13. The third-order valence-corrected chi connectivity index (χ3v) is 3.61. The molecular formula is C15H13F3N2OS. The Morgan fingerprint density at radius 1 is 1.09 bits per heavy atom. The minimum Gasteiger partial charge on any atom is -0.298 e. The van der Waals surface area contributed by atoms with Crippen molar-refractivity contribution in [2.75, 3.05) is 11.7 Å².